The Labute approximate surface area is 121 Å². The van der Waals surface area contributed by atoms with Gasteiger partial charge < -0.3 is 5.32 Å². The molecule has 0 radical (unpaired) electrons. The average Bonchev–Trinajstić information content (AvgIpc) is 2.95. The molecule has 20 heavy (non-hydrogen) atoms. The predicted molar refractivity (Wildman–Crippen MR) is 85.6 cm³/mol. The topological polar surface area (TPSA) is 29.9 Å². The van der Waals surface area contributed by atoms with E-state index in [0.29, 0.717) is 0 Å². The van der Waals surface area contributed by atoms with E-state index in [-0.39, 0.29) is 0 Å². The number of unbranched alkanes of at least 4 members (excludes halogenated alkanes) is 2. The Morgan fingerprint density at radius 1 is 1.20 bits per heavy atom. The summed E-state index contributed by atoms with van der Waals surface area (Å²) in [5, 5.41) is 7.57. The van der Waals surface area contributed by atoms with E-state index in [1.54, 1.807) is 10.9 Å². The van der Waals surface area contributed by atoms with E-state index in [2.05, 4.69) is 48.2 Å². The highest BCUT2D eigenvalue weighted by Gasteiger charge is 1.98. The summed E-state index contributed by atoms with van der Waals surface area (Å²) in [4.78, 5) is 0. The minimum Gasteiger partial charge on any atom is -0.381 e. The minimum atomic E-state index is 0.781. The lowest BCUT2D eigenvalue weighted by Gasteiger charge is -2.06. The van der Waals surface area contributed by atoms with Gasteiger partial charge in [-0.2, -0.15) is 5.10 Å². The Hall–Kier alpha value is -2.03. The maximum Gasteiger partial charge on any atom is 0.0543 e. The van der Waals surface area contributed by atoms with Crippen molar-refractivity contribution in [3.8, 4) is 0 Å². The highest BCUT2D eigenvalue weighted by atomic mass is 15.2. The van der Waals surface area contributed by atoms with Gasteiger partial charge in [-0.25, -0.2) is 4.68 Å². The second-order valence-electron chi connectivity index (χ2n) is 5.02. The highest BCUT2D eigenvalue weighted by Crippen LogP contribution is 2.13. The summed E-state index contributed by atoms with van der Waals surface area (Å²) in [5.74, 6) is 0. The molecular weight excluding hydrogens is 246 g/mol. The lowest BCUT2D eigenvalue weighted by molar-refractivity contribution is 0.717. The number of benzene rings is 1. The van der Waals surface area contributed by atoms with Gasteiger partial charge >= 0.3 is 0 Å². The first-order chi connectivity index (χ1) is 9.81. The van der Waals surface area contributed by atoms with Gasteiger partial charge in [0.15, 0.2) is 0 Å². The largest absolute Gasteiger partial charge is 0.381 e. The van der Waals surface area contributed by atoms with Crippen LogP contribution in [0.5, 0.6) is 0 Å². The third-order valence-corrected chi connectivity index (χ3v) is 3.36. The van der Waals surface area contributed by atoms with Crippen LogP contribution in [0.3, 0.4) is 0 Å². The summed E-state index contributed by atoms with van der Waals surface area (Å²) in [6.07, 6.45) is 10.6. The summed E-state index contributed by atoms with van der Waals surface area (Å²) >= 11 is 0. The number of anilines is 1. The Morgan fingerprint density at radius 2 is 2.00 bits per heavy atom. The molecule has 0 aliphatic heterocycles. The second-order valence-corrected chi connectivity index (χ2v) is 5.02. The Kier molecular flexibility index (Phi) is 5.42. The summed E-state index contributed by atoms with van der Waals surface area (Å²) in [6, 6.07) is 8.73. The quantitative estimate of drug-likeness (QED) is 0.723. The molecule has 0 saturated carbocycles. The number of hydrogen-bond donors (Lipinski definition) is 1. The number of aromatic nitrogens is 2. The van der Waals surface area contributed by atoms with E-state index in [1.165, 1.54) is 31.2 Å². The zero-order valence-corrected chi connectivity index (χ0v) is 12.2. The lowest BCUT2D eigenvalue weighted by atomic mass is 10.1. The molecule has 1 aromatic carbocycles. The molecule has 1 heterocycles. The summed E-state index contributed by atoms with van der Waals surface area (Å²) in [5.41, 5.74) is 3.72. The fraction of sp³-hybridized carbons (Fsp3) is 0.353. The van der Waals surface area contributed by atoms with Crippen molar-refractivity contribution in [3.63, 3.8) is 0 Å². The van der Waals surface area contributed by atoms with E-state index >= 15 is 0 Å². The number of rotatable bonds is 8. The molecule has 0 unspecified atom stereocenters. The van der Waals surface area contributed by atoms with Gasteiger partial charge in [0.05, 0.1) is 6.20 Å². The maximum atomic E-state index is 4.16. The molecular formula is C17H23N3. The van der Waals surface area contributed by atoms with Gasteiger partial charge in [0, 0.05) is 30.2 Å². The molecule has 3 heteroatoms. The van der Waals surface area contributed by atoms with Gasteiger partial charge in [0.1, 0.15) is 0 Å². The zero-order chi connectivity index (χ0) is 14.2. The molecule has 0 bridgehead atoms. The Balaban J connectivity index is 1.82. The molecule has 0 fully saturated rings. The van der Waals surface area contributed by atoms with E-state index in [1.807, 2.05) is 12.4 Å². The second kappa shape index (κ2) is 7.53. The van der Waals surface area contributed by atoms with Crippen LogP contribution >= 0.6 is 0 Å². The summed E-state index contributed by atoms with van der Waals surface area (Å²) in [7, 11) is 0. The smallest absolute Gasteiger partial charge is 0.0543 e. The number of aryl methyl sites for hydroxylation is 1. The first-order valence-electron chi connectivity index (χ1n) is 7.30. The maximum absolute atomic E-state index is 4.16. The van der Waals surface area contributed by atoms with Gasteiger partial charge in [-0.05, 0) is 30.5 Å². The third kappa shape index (κ3) is 4.26. The van der Waals surface area contributed by atoms with E-state index in [4.69, 9.17) is 0 Å². The number of hydrogen-bond acceptors (Lipinski definition) is 2. The molecule has 0 atom stereocenters. The third-order valence-electron chi connectivity index (χ3n) is 3.36. The summed E-state index contributed by atoms with van der Waals surface area (Å²) in [6.45, 7) is 6.70. The Bertz CT molecular complexity index is 525. The molecule has 106 valence electrons. The standard InChI is InChI=1S/C17H23N3/c1-3-5-6-7-15-8-10-17(11-9-15)18-12-16-13-19-20(4-2)14-16/h4,8-11,13-14,18H,2-3,5-7,12H2,1H3. The Morgan fingerprint density at radius 3 is 2.65 bits per heavy atom. The predicted octanol–water partition coefficient (Wildman–Crippen LogP) is 4.33. The van der Waals surface area contributed by atoms with Crippen molar-refractivity contribution in [1.29, 1.82) is 0 Å². The van der Waals surface area contributed by atoms with Crippen molar-refractivity contribution < 1.29 is 0 Å². The molecule has 0 aliphatic rings. The van der Waals surface area contributed by atoms with Crippen LogP contribution in [-0.4, -0.2) is 9.78 Å². The van der Waals surface area contributed by atoms with Crippen molar-refractivity contribution in [2.75, 3.05) is 5.32 Å². The van der Waals surface area contributed by atoms with E-state index in [0.717, 1.165) is 17.8 Å². The van der Waals surface area contributed by atoms with Gasteiger partial charge in [-0.3, -0.25) is 0 Å². The normalized spacial score (nSPS) is 10.4. The monoisotopic (exact) mass is 269 g/mol. The van der Waals surface area contributed by atoms with Crippen LogP contribution in [0.4, 0.5) is 5.69 Å². The summed E-state index contributed by atoms with van der Waals surface area (Å²) < 4.78 is 1.72. The molecule has 0 aliphatic carbocycles. The van der Waals surface area contributed by atoms with Crippen molar-refractivity contribution in [2.45, 2.75) is 39.2 Å². The fourth-order valence-corrected chi connectivity index (χ4v) is 2.14. The van der Waals surface area contributed by atoms with Crippen LogP contribution in [0, 0.1) is 0 Å². The van der Waals surface area contributed by atoms with Crippen molar-refractivity contribution in [2.24, 2.45) is 0 Å². The van der Waals surface area contributed by atoms with Crippen LogP contribution in [0.2, 0.25) is 0 Å². The first-order valence-corrected chi connectivity index (χ1v) is 7.30. The van der Waals surface area contributed by atoms with Crippen LogP contribution in [0.25, 0.3) is 6.20 Å². The van der Waals surface area contributed by atoms with Crippen LogP contribution in [-0.2, 0) is 13.0 Å². The van der Waals surface area contributed by atoms with Gasteiger partial charge in [0.25, 0.3) is 0 Å². The molecule has 0 spiro atoms. The zero-order valence-electron chi connectivity index (χ0n) is 12.2. The van der Waals surface area contributed by atoms with Crippen LogP contribution < -0.4 is 5.32 Å². The molecule has 2 rings (SSSR count). The SMILES string of the molecule is C=Cn1cc(CNc2ccc(CCCCC)cc2)cn1. The molecule has 2 aromatic rings. The molecule has 1 aromatic heterocycles. The molecule has 3 nitrogen and oxygen atoms in total. The lowest BCUT2D eigenvalue weighted by Crippen LogP contribution is -1.98. The molecule has 1 N–H and O–H groups in total. The van der Waals surface area contributed by atoms with Crippen LogP contribution in [0.15, 0.2) is 43.2 Å². The van der Waals surface area contributed by atoms with Crippen molar-refractivity contribution >= 4 is 11.9 Å². The number of nitrogens with one attached hydrogen (secondary N) is 1. The van der Waals surface area contributed by atoms with Crippen molar-refractivity contribution in [3.05, 3.63) is 54.4 Å². The average molecular weight is 269 g/mol. The van der Waals surface area contributed by atoms with Crippen LogP contribution in [0.1, 0.15) is 37.3 Å². The van der Waals surface area contributed by atoms with Crippen molar-refractivity contribution in [1.82, 2.24) is 9.78 Å². The van der Waals surface area contributed by atoms with E-state index < -0.39 is 0 Å². The highest BCUT2D eigenvalue weighted by molar-refractivity contribution is 5.45. The van der Waals surface area contributed by atoms with Gasteiger partial charge in [-0.15, -0.1) is 0 Å². The fourth-order valence-electron chi connectivity index (χ4n) is 2.14. The number of nitrogens with zero attached hydrogens (tertiary/aromatic N) is 2. The van der Waals surface area contributed by atoms with Gasteiger partial charge in [0.2, 0.25) is 0 Å². The minimum absolute atomic E-state index is 0.781. The van der Waals surface area contributed by atoms with E-state index in [9.17, 15) is 0 Å². The molecule has 0 amide bonds. The first kappa shape index (κ1) is 14.4. The van der Waals surface area contributed by atoms with Gasteiger partial charge in [-0.1, -0.05) is 38.5 Å². The molecule has 0 saturated heterocycles.